The van der Waals surface area contributed by atoms with Gasteiger partial charge in [-0.3, -0.25) is 9.59 Å². The van der Waals surface area contributed by atoms with Crippen molar-refractivity contribution < 1.29 is 14.3 Å². The van der Waals surface area contributed by atoms with E-state index in [0.29, 0.717) is 19.3 Å². The molecule has 0 spiro atoms. The molecular weight excluding hydrogens is 276 g/mol. The number of carbonyl (C=O) groups is 2. The van der Waals surface area contributed by atoms with E-state index in [0.717, 1.165) is 12.0 Å². The molecule has 2 rings (SSSR count). The van der Waals surface area contributed by atoms with Crippen LogP contribution in [0.2, 0.25) is 0 Å². The first-order valence-corrected chi connectivity index (χ1v) is 7.82. The number of allylic oxidation sites excluding steroid dienone is 1. The van der Waals surface area contributed by atoms with Gasteiger partial charge in [0.15, 0.2) is 5.78 Å². The van der Waals surface area contributed by atoms with Crippen LogP contribution in [-0.4, -0.2) is 17.4 Å². The molecule has 0 aliphatic heterocycles. The van der Waals surface area contributed by atoms with E-state index in [1.165, 1.54) is 0 Å². The number of hydrogen-bond donors (Lipinski definition) is 0. The summed E-state index contributed by atoms with van der Waals surface area (Å²) in [6, 6.07) is 9.87. The number of ketones is 1. The van der Waals surface area contributed by atoms with E-state index in [1.807, 2.05) is 63.3 Å². The zero-order valence-electron chi connectivity index (χ0n) is 13.6. The molecule has 3 heteroatoms. The first-order valence-electron chi connectivity index (χ1n) is 7.82. The van der Waals surface area contributed by atoms with E-state index < -0.39 is 11.0 Å². The topological polar surface area (TPSA) is 43.4 Å². The smallest absolute Gasteiger partial charge is 0.320 e. The Bertz CT molecular complexity index is 566. The van der Waals surface area contributed by atoms with Gasteiger partial charge in [-0.25, -0.2) is 0 Å². The predicted octanol–water partition coefficient (Wildman–Crippen LogP) is 4.17. The zero-order valence-corrected chi connectivity index (χ0v) is 13.6. The average molecular weight is 300 g/mol. The molecule has 1 aliphatic rings. The summed E-state index contributed by atoms with van der Waals surface area (Å²) in [5.41, 5.74) is -0.499. The summed E-state index contributed by atoms with van der Waals surface area (Å²) in [5.74, 6) is -0.361. The van der Waals surface area contributed by atoms with Gasteiger partial charge in [-0.15, -0.1) is 0 Å². The van der Waals surface area contributed by atoms with Crippen LogP contribution in [0.3, 0.4) is 0 Å². The largest absolute Gasteiger partial charge is 0.459 e. The van der Waals surface area contributed by atoms with Gasteiger partial charge in [0.1, 0.15) is 11.0 Å². The molecule has 118 valence electrons. The van der Waals surface area contributed by atoms with Crippen LogP contribution in [0.5, 0.6) is 0 Å². The van der Waals surface area contributed by atoms with Crippen molar-refractivity contribution in [3.8, 4) is 0 Å². The molecule has 1 atom stereocenters. The van der Waals surface area contributed by atoms with E-state index in [2.05, 4.69) is 0 Å². The summed E-state index contributed by atoms with van der Waals surface area (Å²) in [6.45, 7) is 5.49. The standard InChI is InChI=1S/C19H24O3/c1-18(2,3)22-17(21)19(14-8-12-16(19)20)13-7-11-15-9-5-4-6-10-15/h4-7,9-11H,8,12-14H2,1-3H3. The van der Waals surface area contributed by atoms with E-state index in [1.54, 1.807) is 0 Å². The molecule has 0 radical (unpaired) electrons. The molecule has 0 saturated heterocycles. The maximum atomic E-state index is 12.6. The number of Topliss-reactive ketones (excluding diaryl/α,β-unsaturated/α-hetero) is 1. The highest BCUT2D eigenvalue weighted by Crippen LogP contribution is 2.40. The Labute approximate surface area is 132 Å². The molecule has 1 aliphatic carbocycles. The maximum Gasteiger partial charge on any atom is 0.320 e. The first-order chi connectivity index (χ1) is 10.3. The normalized spacial score (nSPS) is 22.2. The SMILES string of the molecule is CC(C)(C)OC(=O)C1(CC=Cc2ccccc2)CCCC1=O. The number of ether oxygens (including phenoxy) is 1. The van der Waals surface area contributed by atoms with E-state index in [4.69, 9.17) is 4.74 Å². The third kappa shape index (κ3) is 3.85. The number of esters is 1. The second-order valence-corrected chi connectivity index (χ2v) is 6.88. The minimum absolute atomic E-state index is 0.0134. The molecule has 0 N–H and O–H groups in total. The Morgan fingerprint density at radius 2 is 1.95 bits per heavy atom. The third-order valence-corrected chi connectivity index (χ3v) is 3.91. The van der Waals surface area contributed by atoms with Crippen LogP contribution in [0.25, 0.3) is 6.08 Å². The summed E-state index contributed by atoms with van der Waals surface area (Å²) in [4.78, 5) is 24.9. The Morgan fingerprint density at radius 3 is 2.50 bits per heavy atom. The zero-order chi connectivity index (χ0) is 16.2. The molecule has 1 unspecified atom stereocenters. The Morgan fingerprint density at radius 1 is 1.27 bits per heavy atom. The lowest BCUT2D eigenvalue weighted by Gasteiger charge is -2.29. The Hall–Kier alpha value is -1.90. The van der Waals surface area contributed by atoms with E-state index in [-0.39, 0.29) is 11.8 Å². The molecule has 0 heterocycles. The van der Waals surface area contributed by atoms with Gasteiger partial charge in [0, 0.05) is 6.42 Å². The molecule has 1 saturated carbocycles. The first kappa shape index (κ1) is 16.5. The molecule has 3 nitrogen and oxygen atoms in total. The molecule has 1 aromatic carbocycles. The average Bonchev–Trinajstić information content (AvgIpc) is 2.81. The second kappa shape index (κ2) is 6.47. The van der Waals surface area contributed by atoms with Crippen molar-refractivity contribution in [1.82, 2.24) is 0 Å². The van der Waals surface area contributed by atoms with Crippen LogP contribution in [-0.2, 0) is 14.3 Å². The fourth-order valence-corrected chi connectivity index (χ4v) is 2.78. The highest BCUT2D eigenvalue weighted by molar-refractivity contribution is 6.05. The van der Waals surface area contributed by atoms with Gasteiger partial charge in [0.25, 0.3) is 0 Å². The number of rotatable bonds is 4. The summed E-state index contributed by atoms with van der Waals surface area (Å²) < 4.78 is 5.50. The highest BCUT2D eigenvalue weighted by Gasteiger charge is 2.49. The number of hydrogen-bond acceptors (Lipinski definition) is 3. The lowest BCUT2D eigenvalue weighted by atomic mass is 9.81. The van der Waals surface area contributed by atoms with Crippen LogP contribution >= 0.6 is 0 Å². The van der Waals surface area contributed by atoms with E-state index in [9.17, 15) is 9.59 Å². The summed E-state index contributed by atoms with van der Waals surface area (Å²) in [5, 5.41) is 0. The fraction of sp³-hybridized carbons (Fsp3) is 0.474. The van der Waals surface area contributed by atoms with Crippen molar-refractivity contribution in [2.24, 2.45) is 5.41 Å². The van der Waals surface area contributed by atoms with Crippen LogP contribution < -0.4 is 0 Å². The number of carbonyl (C=O) groups excluding carboxylic acids is 2. The van der Waals surface area contributed by atoms with Crippen LogP contribution in [0.4, 0.5) is 0 Å². The van der Waals surface area contributed by atoms with Gasteiger partial charge < -0.3 is 4.74 Å². The van der Waals surface area contributed by atoms with E-state index >= 15 is 0 Å². The van der Waals surface area contributed by atoms with Crippen molar-refractivity contribution in [2.45, 2.75) is 52.1 Å². The second-order valence-electron chi connectivity index (χ2n) is 6.88. The van der Waals surface area contributed by atoms with Gasteiger partial charge >= 0.3 is 5.97 Å². The minimum atomic E-state index is -0.988. The van der Waals surface area contributed by atoms with Crippen LogP contribution in [0, 0.1) is 5.41 Å². The number of benzene rings is 1. The molecular formula is C19H24O3. The molecule has 0 aromatic heterocycles. The Balaban J connectivity index is 2.15. The van der Waals surface area contributed by atoms with Crippen LogP contribution in [0.1, 0.15) is 52.0 Å². The lowest BCUT2D eigenvalue weighted by Crippen LogP contribution is -2.40. The lowest BCUT2D eigenvalue weighted by molar-refractivity contribution is -0.169. The quantitative estimate of drug-likeness (QED) is 0.619. The van der Waals surface area contributed by atoms with Crippen LogP contribution in [0.15, 0.2) is 36.4 Å². The van der Waals surface area contributed by atoms with Gasteiger partial charge in [0.05, 0.1) is 0 Å². The monoisotopic (exact) mass is 300 g/mol. The summed E-state index contributed by atoms with van der Waals surface area (Å²) in [6.07, 6.45) is 6.10. The molecule has 0 amide bonds. The van der Waals surface area contributed by atoms with Crippen molar-refractivity contribution in [2.75, 3.05) is 0 Å². The predicted molar refractivity (Wildman–Crippen MR) is 87.2 cm³/mol. The Kier molecular flexibility index (Phi) is 4.84. The summed E-state index contributed by atoms with van der Waals surface area (Å²) >= 11 is 0. The maximum absolute atomic E-state index is 12.6. The van der Waals surface area contributed by atoms with Crippen molar-refractivity contribution in [1.29, 1.82) is 0 Å². The molecule has 1 aromatic rings. The van der Waals surface area contributed by atoms with Gasteiger partial charge in [-0.1, -0.05) is 42.5 Å². The fourth-order valence-electron chi connectivity index (χ4n) is 2.78. The van der Waals surface area contributed by atoms with Crippen molar-refractivity contribution in [3.05, 3.63) is 42.0 Å². The van der Waals surface area contributed by atoms with Gasteiger partial charge in [-0.05, 0) is 45.6 Å². The molecule has 22 heavy (non-hydrogen) atoms. The summed E-state index contributed by atoms with van der Waals surface area (Å²) in [7, 11) is 0. The minimum Gasteiger partial charge on any atom is -0.459 e. The molecule has 1 fully saturated rings. The van der Waals surface area contributed by atoms with Crippen molar-refractivity contribution >= 4 is 17.8 Å². The van der Waals surface area contributed by atoms with Gasteiger partial charge in [-0.2, -0.15) is 0 Å². The highest BCUT2D eigenvalue weighted by atomic mass is 16.6. The third-order valence-electron chi connectivity index (χ3n) is 3.91. The van der Waals surface area contributed by atoms with Gasteiger partial charge in [0.2, 0.25) is 0 Å². The van der Waals surface area contributed by atoms with Crippen molar-refractivity contribution in [3.63, 3.8) is 0 Å². The molecule has 0 bridgehead atoms.